The Labute approximate surface area is 710 Å². The van der Waals surface area contributed by atoms with Crippen molar-refractivity contribution in [1.29, 1.82) is 0 Å². The molecule has 0 unspecified atom stereocenters. The maximum Gasteiger partial charge on any atom is 0.364 e. The molecule has 29 atom stereocenters. The number of aliphatic hydroxyl groups excluding tert-OH is 11. The van der Waals surface area contributed by atoms with Crippen molar-refractivity contribution in [3.63, 3.8) is 0 Å². The van der Waals surface area contributed by atoms with Crippen LogP contribution in [0.4, 0.5) is 0 Å². The predicted molar refractivity (Wildman–Crippen MR) is 416 cm³/mol. The molecule has 124 heavy (non-hydrogen) atoms. The number of nitrogens with zero attached hydrogens (tertiary/aromatic N) is 5. The number of carbonyl (C=O) groups excluding carboxylic acids is 14. The molecule has 0 radical (unpaired) electrons. The lowest BCUT2D eigenvalue weighted by Crippen LogP contribution is -2.71. The number of rotatable bonds is 40. The van der Waals surface area contributed by atoms with Crippen LogP contribution in [0.25, 0.3) is 0 Å². The van der Waals surface area contributed by atoms with E-state index >= 15 is 0 Å². The number of hydrogen-bond donors (Lipinski definition) is 25. The molecule has 7 fully saturated rings. The Morgan fingerprint density at radius 3 is 1.60 bits per heavy atom. The minimum Gasteiger partial charge on any atom is -0.477 e. The van der Waals surface area contributed by atoms with E-state index in [2.05, 4.69) is 52.8 Å². The fourth-order valence-electron chi connectivity index (χ4n) is 15.8. The largest absolute Gasteiger partial charge is 0.477 e. The van der Waals surface area contributed by atoms with E-state index < -0.39 is 304 Å². The van der Waals surface area contributed by atoms with Crippen molar-refractivity contribution in [3.05, 3.63) is 0 Å². The lowest BCUT2D eigenvalue weighted by Gasteiger charge is -2.51. The highest BCUT2D eigenvalue weighted by Gasteiger charge is 2.61. The Morgan fingerprint density at radius 1 is 0.565 bits per heavy atom. The molecule has 7 rings (SSSR count). The highest BCUT2D eigenvalue weighted by molar-refractivity contribution is 6.00. The van der Waals surface area contributed by atoms with Gasteiger partial charge in [0, 0.05) is 53.0 Å². The molecule has 0 saturated carbocycles. The summed E-state index contributed by atoms with van der Waals surface area (Å²) in [5.41, 5.74) is 22.9. The monoisotopic (exact) mass is 1780 g/mol. The number of carboxylic acids is 1. The molecular weight excluding hydrogens is 1660 g/mol. The van der Waals surface area contributed by atoms with Gasteiger partial charge in [0.15, 0.2) is 18.5 Å². The Balaban J connectivity index is 0.948. The summed E-state index contributed by atoms with van der Waals surface area (Å²) in [5, 5.41) is 151. The number of amides is 14. The molecule has 51 heteroatoms. The van der Waals surface area contributed by atoms with Gasteiger partial charge in [0.1, 0.15) is 134 Å². The summed E-state index contributed by atoms with van der Waals surface area (Å²) in [6.45, 7) is 3.27. The van der Waals surface area contributed by atoms with E-state index in [4.69, 9.17) is 51.4 Å². The second-order valence-corrected chi connectivity index (χ2v) is 31.7. The number of aliphatic hydroxyl groups is 11. The molecule has 0 bridgehead atoms. The van der Waals surface area contributed by atoms with E-state index in [0.717, 1.165) is 30.6 Å². The first-order valence-corrected chi connectivity index (χ1v) is 40.7. The van der Waals surface area contributed by atoms with Crippen molar-refractivity contribution in [2.75, 3.05) is 65.7 Å². The van der Waals surface area contributed by atoms with E-state index in [9.17, 15) is 133 Å². The van der Waals surface area contributed by atoms with E-state index in [1.807, 2.05) is 0 Å². The summed E-state index contributed by atoms with van der Waals surface area (Å²) in [6.07, 6.45) is -29.8. The third-order valence-corrected chi connectivity index (χ3v) is 22.5. The maximum atomic E-state index is 14.8. The number of primary amides is 1. The SMILES string of the molecule is CC(=O)N[C@H]1[C@@H](O[C@H](C)[C@H](N)C(=O)N[C@@H](CCCN=C(N)N)C(=O)N2CCC[C@H]2C(=O)N[C@@H](C)C(=O)N2CCC[C@H]2C(=O)NCC(=O)N[C@@H](CO)C(=O)N[C@H](C(=O)N[C@@H](C)C(=O)N2CCC[C@H]2C(=O)N2CCC[C@H]2C(=O)N[C@@H](C)C(N)=O)[C@@H](C)O)O[C@H](CO)[C@H](O)[C@@H]1O[C@@H]1O[C@H](CO)[C@H](O)[C@H](O[C@]2(C(=O)O)C[C@H](O)[C@@H](NC(C)=O)[C@H]([C@H](O)[C@H](O)CO)O2)[C@H]1O. The molecule has 700 valence electrons. The summed E-state index contributed by atoms with van der Waals surface area (Å²) in [5.74, 6) is -17.6. The normalized spacial score (nSPS) is 30.2. The van der Waals surface area contributed by atoms with E-state index in [1.165, 1.54) is 37.5 Å². The third kappa shape index (κ3) is 25.3. The molecule has 7 aliphatic rings. The maximum absolute atomic E-state index is 14.8. The number of carbonyl (C=O) groups is 15. The highest BCUT2D eigenvalue weighted by Crippen LogP contribution is 2.39. The van der Waals surface area contributed by atoms with Crippen molar-refractivity contribution < 1.29 is 162 Å². The van der Waals surface area contributed by atoms with Gasteiger partial charge in [0.25, 0.3) is 5.79 Å². The molecule has 51 nitrogen and oxygen atoms in total. The fraction of sp³-hybridized carbons (Fsp3) is 0.781. The standard InChI is InChI=1S/C73H120N18O33/c1-29(58(75)106)80-61(109)40-16-11-21-90(40)68(116)41-17-12-22-91(41)66(114)31(3)82-64(112)48(32(4)96)87-59(107)37(25-92)85-46(101)24-79-60(108)38-14-9-19-88(38)65(113)30(2)81-62(110)39-15-10-20-89(39)67(115)36(13-8-18-78-72(76)77)86-63(111)47(74)33(5)119-69-50(84-35(7)98)55(52(103)44(27-94)120-69)122-70-54(105)57(53(104)45(28-95)121-70)124-73(71(117)118)23-42(99)49(83-34(6)97)56(123-73)51(102)43(100)26-93/h29-33,36-45,47-57,69-70,92-96,99-100,102-105H,8-28,74H2,1-7H3,(H2,75,106)(H,79,108)(H,80,109)(H,81,110)(H,82,112)(H,83,97)(H,84,98)(H,85,101)(H,86,111)(H,87,107)(H,117,118)(H4,76,77,78)/t29-,30-,31-,32+,33+,36-,37-,38-,39-,40-,41-,42-,43+,44+,45+,47-,48-,49+,50+,51+,52-,53-,54+,55+,56+,57-,69-,70-,73-/m0/s1. The van der Waals surface area contributed by atoms with Crippen molar-refractivity contribution in [3.8, 4) is 0 Å². The fourth-order valence-corrected chi connectivity index (χ4v) is 15.8. The number of ether oxygens (including phenoxy) is 6. The minimum absolute atomic E-state index is 0.00208. The number of nitrogens with one attached hydrogen (secondary N) is 9. The van der Waals surface area contributed by atoms with Crippen LogP contribution in [0.5, 0.6) is 0 Å². The smallest absolute Gasteiger partial charge is 0.364 e. The second-order valence-electron chi connectivity index (χ2n) is 31.7. The van der Waals surface area contributed by atoms with Gasteiger partial charge in [0.05, 0.1) is 57.3 Å². The first-order chi connectivity index (χ1) is 58.4. The van der Waals surface area contributed by atoms with Crippen LogP contribution < -0.4 is 70.8 Å². The first-order valence-electron chi connectivity index (χ1n) is 40.7. The van der Waals surface area contributed by atoms with Gasteiger partial charge < -0.3 is 180 Å². The van der Waals surface area contributed by atoms with Crippen LogP contribution in [0, 0.1) is 0 Å². The van der Waals surface area contributed by atoms with Crippen molar-refractivity contribution in [2.24, 2.45) is 27.9 Å². The zero-order valence-electron chi connectivity index (χ0n) is 69.5. The third-order valence-electron chi connectivity index (χ3n) is 22.5. The average molecular weight is 1780 g/mol. The van der Waals surface area contributed by atoms with Crippen LogP contribution in [0.3, 0.4) is 0 Å². The molecule has 0 spiro atoms. The van der Waals surface area contributed by atoms with Gasteiger partial charge in [-0.1, -0.05) is 0 Å². The zero-order valence-corrected chi connectivity index (χ0v) is 69.5. The van der Waals surface area contributed by atoms with Crippen LogP contribution in [-0.4, -0.2) is 417 Å². The molecule has 7 heterocycles. The van der Waals surface area contributed by atoms with E-state index in [0.29, 0.717) is 19.3 Å². The molecule has 0 aliphatic carbocycles. The minimum atomic E-state index is -3.22. The molecule has 0 aromatic carbocycles. The zero-order chi connectivity index (χ0) is 92.4. The summed E-state index contributed by atoms with van der Waals surface area (Å²) in [4.78, 5) is 211. The predicted octanol–water partition coefficient (Wildman–Crippen LogP) is -15.4. The van der Waals surface area contributed by atoms with Gasteiger partial charge in [-0.2, -0.15) is 0 Å². The molecule has 29 N–H and O–H groups in total. The number of carboxylic acid groups (broad SMARTS) is 1. The van der Waals surface area contributed by atoms with Crippen molar-refractivity contribution in [1.82, 2.24) is 67.5 Å². The number of likely N-dealkylation sites (tertiary alicyclic amines) is 4. The van der Waals surface area contributed by atoms with Crippen molar-refractivity contribution in [2.45, 2.75) is 295 Å². The molecular formula is C73H120N18O33. The average Bonchev–Trinajstić information content (AvgIpc) is 1.01. The van der Waals surface area contributed by atoms with Gasteiger partial charge in [-0.25, -0.2) is 4.79 Å². The van der Waals surface area contributed by atoms with Crippen LogP contribution >= 0.6 is 0 Å². The molecule has 14 amide bonds. The van der Waals surface area contributed by atoms with Crippen LogP contribution in [-0.2, 0) is 100 Å². The Hall–Kier alpha value is -9.40. The van der Waals surface area contributed by atoms with Crippen LogP contribution in [0.15, 0.2) is 4.99 Å². The van der Waals surface area contributed by atoms with Crippen LogP contribution in [0.2, 0.25) is 0 Å². The second kappa shape index (κ2) is 45.7. The first kappa shape index (κ1) is 102. The number of guanidine groups is 1. The summed E-state index contributed by atoms with van der Waals surface area (Å²) in [7, 11) is 0. The highest BCUT2D eigenvalue weighted by atomic mass is 16.8. The molecule has 0 aromatic heterocycles. The van der Waals surface area contributed by atoms with Crippen LogP contribution in [0.1, 0.15) is 119 Å². The van der Waals surface area contributed by atoms with Gasteiger partial charge in [-0.05, 0) is 98.8 Å². The Morgan fingerprint density at radius 2 is 1.07 bits per heavy atom. The van der Waals surface area contributed by atoms with Gasteiger partial charge >= 0.3 is 5.97 Å². The lowest BCUT2D eigenvalue weighted by molar-refractivity contribution is -0.382. The summed E-state index contributed by atoms with van der Waals surface area (Å²) >= 11 is 0. The topological polar surface area (TPSA) is 792 Å². The van der Waals surface area contributed by atoms with Gasteiger partial charge in [-0.3, -0.25) is 72.1 Å². The summed E-state index contributed by atoms with van der Waals surface area (Å²) in [6, 6.07) is -18.5. The Kier molecular flexibility index (Phi) is 37.4. The summed E-state index contributed by atoms with van der Waals surface area (Å²) < 4.78 is 35.2. The number of hydrogen-bond acceptors (Lipinski definition) is 34. The Bertz CT molecular complexity index is 3820. The molecule has 0 aromatic rings. The van der Waals surface area contributed by atoms with Gasteiger partial charge in [-0.15, -0.1) is 0 Å². The molecule has 7 aliphatic heterocycles. The number of aliphatic carboxylic acids is 1. The molecule has 7 saturated heterocycles. The number of aliphatic imine (C=N–C) groups is 1. The van der Waals surface area contributed by atoms with Gasteiger partial charge in [0.2, 0.25) is 82.7 Å². The quantitative estimate of drug-likeness (QED) is 0.0154. The van der Waals surface area contributed by atoms with Crippen molar-refractivity contribution >= 4 is 94.6 Å². The van der Waals surface area contributed by atoms with E-state index in [-0.39, 0.29) is 83.6 Å². The lowest BCUT2D eigenvalue weighted by atomic mass is 9.88. The van der Waals surface area contributed by atoms with E-state index in [1.54, 1.807) is 0 Å². The number of nitrogens with two attached hydrogens (primary N) is 4.